The molecule has 2 aromatic heterocycles. The number of halogens is 1. The highest BCUT2D eigenvalue weighted by molar-refractivity contribution is 5.98. The molecule has 1 fully saturated rings. The van der Waals surface area contributed by atoms with E-state index in [0.717, 1.165) is 17.7 Å². The zero-order valence-corrected chi connectivity index (χ0v) is 17.2. The molecule has 1 aliphatic heterocycles. The molecule has 6 nitrogen and oxygen atoms in total. The van der Waals surface area contributed by atoms with Gasteiger partial charge in [0.25, 0.3) is 5.91 Å². The highest BCUT2D eigenvalue weighted by Crippen LogP contribution is 2.28. The molecule has 158 valence electrons. The van der Waals surface area contributed by atoms with E-state index in [1.54, 1.807) is 40.7 Å². The summed E-state index contributed by atoms with van der Waals surface area (Å²) in [7, 11) is 0. The van der Waals surface area contributed by atoms with Gasteiger partial charge in [-0.25, -0.2) is 4.39 Å². The van der Waals surface area contributed by atoms with Gasteiger partial charge in [-0.15, -0.1) is 0 Å². The molecule has 30 heavy (non-hydrogen) atoms. The number of aryl methyl sites for hydroxylation is 1. The van der Waals surface area contributed by atoms with Crippen LogP contribution < -0.4 is 0 Å². The lowest BCUT2D eigenvalue weighted by Gasteiger charge is -2.31. The van der Waals surface area contributed by atoms with E-state index in [2.05, 4.69) is 0 Å². The first-order valence-corrected chi connectivity index (χ1v) is 10.3. The molecule has 0 radical (unpaired) electrons. The van der Waals surface area contributed by atoms with Gasteiger partial charge in [-0.2, -0.15) is 0 Å². The van der Waals surface area contributed by atoms with Gasteiger partial charge in [0.05, 0.1) is 24.6 Å². The van der Waals surface area contributed by atoms with Crippen molar-refractivity contribution in [3.63, 3.8) is 0 Å². The maximum Gasteiger partial charge on any atom is 0.310 e. The van der Waals surface area contributed by atoms with Gasteiger partial charge in [0, 0.05) is 30.8 Å². The molecule has 4 rings (SSSR count). The Kier molecular flexibility index (Phi) is 5.61. The van der Waals surface area contributed by atoms with E-state index in [0.29, 0.717) is 43.0 Å². The van der Waals surface area contributed by atoms with E-state index in [4.69, 9.17) is 9.15 Å². The molecule has 3 heterocycles. The third-order valence-corrected chi connectivity index (χ3v) is 5.55. The van der Waals surface area contributed by atoms with E-state index in [9.17, 15) is 14.0 Å². The highest BCUT2D eigenvalue weighted by Gasteiger charge is 2.31. The van der Waals surface area contributed by atoms with Crippen molar-refractivity contribution < 1.29 is 23.1 Å². The van der Waals surface area contributed by atoms with Crippen molar-refractivity contribution in [3.05, 3.63) is 59.2 Å². The first-order valence-electron chi connectivity index (χ1n) is 10.3. The molecular weight excluding hydrogens is 387 g/mol. The van der Waals surface area contributed by atoms with E-state index >= 15 is 0 Å². The fourth-order valence-electron chi connectivity index (χ4n) is 4.09. The first kappa shape index (κ1) is 20.2. The van der Waals surface area contributed by atoms with Crippen LogP contribution >= 0.6 is 0 Å². The number of benzene rings is 1. The number of carbonyl (C=O) groups excluding carboxylic acids is 2. The van der Waals surface area contributed by atoms with Crippen LogP contribution in [0.25, 0.3) is 11.1 Å². The molecule has 0 spiro atoms. The lowest BCUT2D eigenvalue weighted by Crippen LogP contribution is -2.43. The number of hydrogen-bond donors (Lipinski definition) is 0. The molecule has 0 unspecified atom stereocenters. The van der Waals surface area contributed by atoms with Crippen LogP contribution in [0.15, 0.2) is 40.8 Å². The molecule has 1 amide bonds. The zero-order valence-electron chi connectivity index (χ0n) is 17.2. The zero-order chi connectivity index (χ0) is 21.3. The number of furan rings is 1. The number of hydrogen-bond acceptors (Lipinski definition) is 4. The fraction of sp³-hybridized carbons (Fsp3) is 0.391. The van der Waals surface area contributed by atoms with Crippen molar-refractivity contribution in [3.8, 4) is 0 Å². The van der Waals surface area contributed by atoms with Crippen LogP contribution in [0.3, 0.4) is 0 Å². The SMILES string of the molecule is CCOC(=O)[C@@H]1CCCN(C(=O)c2cc3oc(C)cc3n2Cc2ccccc2F)C1. The minimum absolute atomic E-state index is 0.190. The van der Waals surface area contributed by atoms with Crippen molar-refractivity contribution in [2.24, 2.45) is 5.92 Å². The van der Waals surface area contributed by atoms with E-state index < -0.39 is 0 Å². The smallest absolute Gasteiger partial charge is 0.310 e. The summed E-state index contributed by atoms with van der Waals surface area (Å²) in [6.07, 6.45) is 1.44. The Labute approximate surface area is 174 Å². The van der Waals surface area contributed by atoms with Gasteiger partial charge in [-0.1, -0.05) is 18.2 Å². The molecule has 1 aromatic carbocycles. The molecule has 7 heteroatoms. The number of amides is 1. The Hall–Kier alpha value is -3.09. The van der Waals surface area contributed by atoms with Crippen LogP contribution in [0.1, 0.15) is 41.6 Å². The Bertz CT molecular complexity index is 1080. The van der Waals surface area contributed by atoms with Gasteiger partial charge in [0.1, 0.15) is 17.3 Å². The minimum atomic E-state index is -0.321. The van der Waals surface area contributed by atoms with Crippen LogP contribution in [0.4, 0.5) is 4.39 Å². The molecular formula is C23H25FN2O4. The van der Waals surface area contributed by atoms with Gasteiger partial charge in [0.2, 0.25) is 0 Å². The summed E-state index contributed by atoms with van der Waals surface area (Å²) in [6.45, 7) is 5.04. The van der Waals surface area contributed by atoms with Gasteiger partial charge in [0.15, 0.2) is 5.58 Å². The fourth-order valence-corrected chi connectivity index (χ4v) is 4.09. The predicted octanol–water partition coefficient (Wildman–Crippen LogP) is 4.15. The monoisotopic (exact) mass is 412 g/mol. The van der Waals surface area contributed by atoms with Crippen LogP contribution in [0, 0.1) is 18.7 Å². The number of likely N-dealkylation sites (tertiary alicyclic amines) is 1. The molecule has 1 saturated heterocycles. The normalized spacial score (nSPS) is 16.8. The number of piperidine rings is 1. The second-order valence-electron chi connectivity index (χ2n) is 7.66. The average molecular weight is 412 g/mol. The van der Waals surface area contributed by atoms with Crippen LogP contribution in [-0.2, 0) is 16.1 Å². The second-order valence-corrected chi connectivity index (χ2v) is 7.66. The quantitative estimate of drug-likeness (QED) is 0.591. The summed E-state index contributed by atoms with van der Waals surface area (Å²) in [5, 5.41) is 0. The predicted molar refractivity (Wildman–Crippen MR) is 110 cm³/mol. The number of aromatic nitrogens is 1. The van der Waals surface area contributed by atoms with E-state index in [1.165, 1.54) is 6.07 Å². The van der Waals surface area contributed by atoms with Crippen molar-refractivity contribution >= 4 is 23.0 Å². The Morgan fingerprint density at radius 3 is 2.83 bits per heavy atom. The topological polar surface area (TPSA) is 64.7 Å². The van der Waals surface area contributed by atoms with Crippen molar-refractivity contribution in [2.75, 3.05) is 19.7 Å². The number of ether oxygens (including phenoxy) is 1. The summed E-state index contributed by atoms with van der Waals surface area (Å²) in [5.41, 5.74) is 2.26. The van der Waals surface area contributed by atoms with Crippen molar-refractivity contribution in [2.45, 2.75) is 33.2 Å². The van der Waals surface area contributed by atoms with Crippen molar-refractivity contribution in [1.82, 2.24) is 9.47 Å². The minimum Gasteiger partial charge on any atom is -0.466 e. The first-order chi connectivity index (χ1) is 14.5. The number of carbonyl (C=O) groups is 2. The van der Waals surface area contributed by atoms with Crippen molar-refractivity contribution in [1.29, 1.82) is 0 Å². The summed E-state index contributed by atoms with van der Waals surface area (Å²) >= 11 is 0. The summed E-state index contributed by atoms with van der Waals surface area (Å²) in [4.78, 5) is 27.2. The second kappa shape index (κ2) is 8.34. The lowest BCUT2D eigenvalue weighted by molar-refractivity contribution is -0.149. The number of nitrogens with zero attached hydrogens (tertiary/aromatic N) is 2. The average Bonchev–Trinajstić information content (AvgIpc) is 3.26. The Balaban J connectivity index is 1.66. The summed E-state index contributed by atoms with van der Waals surface area (Å²) in [5.74, 6) is -0.367. The maximum atomic E-state index is 14.3. The van der Waals surface area contributed by atoms with Crippen LogP contribution in [-0.4, -0.2) is 41.0 Å². The van der Waals surface area contributed by atoms with Crippen LogP contribution in [0.2, 0.25) is 0 Å². The third-order valence-electron chi connectivity index (χ3n) is 5.55. The molecule has 3 aromatic rings. The molecule has 0 N–H and O–H groups in total. The van der Waals surface area contributed by atoms with Gasteiger partial charge >= 0.3 is 5.97 Å². The summed E-state index contributed by atoms with van der Waals surface area (Å²) in [6, 6.07) is 10.1. The molecule has 1 atom stereocenters. The van der Waals surface area contributed by atoms with Gasteiger partial charge < -0.3 is 18.6 Å². The molecule has 0 aliphatic carbocycles. The van der Waals surface area contributed by atoms with E-state index in [-0.39, 0.29) is 30.2 Å². The largest absolute Gasteiger partial charge is 0.466 e. The van der Waals surface area contributed by atoms with Crippen LogP contribution in [0.5, 0.6) is 0 Å². The third kappa shape index (κ3) is 3.84. The van der Waals surface area contributed by atoms with E-state index in [1.807, 2.05) is 13.0 Å². The molecule has 0 bridgehead atoms. The highest BCUT2D eigenvalue weighted by atomic mass is 19.1. The molecule has 1 aliphatic rings. The lowest BCUT2D eigenvalue weighted by atomic mass is 9.98. The standard InChI is InChI=1S/C23H25FN2O4/c1-3-29-23(28)17-8-6-10-25(13-17)22(27)20-12-21-19(11-15(2)30-21)26(20)14-16-7-4-5-9-18(16)24/h4-5,7,9,11-12,17H,3,6,8,10,13-14H2,1-2H3/t17-/m1/s1. The molecule has 0 saturated carbocycles. The number of esters is 1. The summed E-state index contributed by atoms with van der Waals surface area (Å²) < 4.78 is 27.0. The van der Waals surface area contributed by atoms with Gasteiger partial charge in [-0.3, -0.25) is 9.59 Å². The Morgan fingerprint density at radius 1 is 1.27 bits per heavy atom. The Morgan fingerprint density at radius 2 is 2.07 bits per heavy atom. The number of rotatable bonds is 5. The van der Waals surface area contributed by atoms with Gasteiger partial charge in [-0.05, 0) is 32.8 Å². The number of fused-ring (bicyclic) bond motifs is 1. The maximum absolute atomic E-state index is 14.3.